The molecule has 3 N–H and O–H groups in total. The Morgan fingerprint density at radius 2 is 1.72 bits per heavy atom. The van der Waals surface area contributed by atoms with Crippen LogP contribution in [0.15, 0.2) is 60.2 Å². The van der Waals surface area contributed by atoms with Gasteiger partial charge in [0.1, 0.15) is 12.0 Å². The number of nitrogens with one attached hydrogen (secondary N) is 2. The van der Waals surface area contributed by atoms with Crippen LogP contribution in [-0.2, 0) is 10.2 Å². The monoisotopic (exact) mass is 502 g/mol. The van der Waals surface area contributed by atoms with Crippen molar-refractivity contribution in [3.8, 4) is 22.8 Å². The van der Waals surface area contributed by atoms with Gasteiger partial charge in [0.2, 0.25) is 5.91 Å². The molecule has 0 aliphatic carbocycles. The van der Waals surface area contributed by atoms with Gasteiger partial charge in [-0.15, -0.1) is 11.3 Å². The molecule has 9 nitrogen and oxygen atoms in total. The van der Waals surface area contributed by atoms with Crippen molar-refractivity contribution in [2.24, 2.45) is 0 Å². The highest BCUT2D eigenvalue weighted by atomic mass is 32.1. The van der Waals surface area contributed by atoms with Gasteiger partial charge in [-0.2, -0.15) is 0 Å². The highest BCUT2D eigenvalue weighted by Crippen LogP contribution is 2.26. The number of aromatic nitrogens is 4. The number of thiazole rings is 1. The second-order valence-corrected chi connectivity index (χ2v) is 9.70. The molecular weight excluding hydrogens is 476 g/mol. The smallest absolute Gasteiger partial charge is 0.251 e. The van der Waals surface area contributed by atoms with Crippen molar-refractivity contribution in [1.29, 1.82) is 0 Å². The van der Waals surface area contributed by atoms with Gasteiger partial charge in [0, 0.05) is 22.1 Å². The average molecular weight is 503 g/mol. The van der Waals surface area contributed by atoms with Gasteiger partial charge < -0.3 is 15.7 Å². The van der Waals surface area contributed by atoms with E-state index in [1.165, 1.54) is 17.7 Å². The van der Waals surface area contributed by atoms with Crippen LogP contribution < -0.4 is 10.6 Å². The summed E-state index contributed by atoms with van der Waals surface area (Å²) >= 11 is 1.27. The molecule has 10 heteroatoms. The third kappa shape index (κ3) is 5.96. The van der Waals surface area contributed by atoms with E-state index in [1.54, 1.807) is 23.6 Å². The number of carbonyl (C=O) groups excluding carboxylic acids is 2. The molecule has 0 saturated heterocycles. The summed E-state index contributed by atoms with van der Waals surface area (Å²) in [5.74, 6) is -0.768. The fraction of sp³-hybridized carbons (Fsp3) is 0.231. The van der Waals surface area contributed by atoms with Crippen LogP contribution in [0.4, 0.5) is 5.13 Å². The molecule has 0 spiro atoms. The van der Waals surface area contributed by atoms with E-state index < -0.39 is 11.3 Å². The van der Waals surface area contributed by atoms with Gasteiger partial charge in [0.05, 0.1) is 30.2 Å². The van der Waals surface area contributed by atoms with Crippen LogP contribution in [0.3, 0.4) is 0 Å². The molecule has 4 rings (SSSR count). The van der Waals surface area contributed by atoms with E-state index in [4.69, 9.17) is 0 Å². The van der Waals surface area contributed by atoms with Gasteiger partial charge in [-0.05, 0) is 42.8 Å². The second-order valence-electron chi connectivity index (χ2n) is 8.84. The van der Waals surface area contributed by atoms with E-state index in [0.29, 0.717) is 33.5 Å². The minimum Gasteiger partial charge on any atom is -0.395 e. The normalized spacial score (nSPS) is 11.2. The third-order valence-corrected chi connectivity index (χ3v) is 6.30. The maximum atomic E-state index is 12.5. The molecule has 0 aliphatic heterocycles. The zero-order valence-electron chi connectivity index (χ0n) is 20.1. The highest BCUT2D eigenvalue weighted by molar-refractivity contribution is 7.14. The molecular formula is C26H26N6O3S. The Balaban J connectivity index is 1.37. The molecule has 0 saturated carbocycles. The molecule has 0 unspecified atom stereocenters. The molecule has 0 aliphatic rings. The predicted octanol–water partition coefficient (Wildman–Crippen LogP) is 3.61. The third-order valence-electron chi connectivity index (χ3n) is 5.54. The molecule has 3 aromatic heterocycles. The maximum absolute atomic E-state index is 12.5. The van der Waals surface area contributed by atoms with Crippen molar-refractivity contribution in [2.75, 3.05) is 18.5 Å². The number of rotatable bonds is 8. The highest BCUT2D eigenvalue weighted by Gasteiger charge is 2.20. The summed E-state index contributed by atoms with van der Waals surface area (Å²) in [5, 5.41) is 17.1. The Bertz CT molecular complexity index is 1400. The number of carbonyl (C=O) groups is 2. The fourth-order valence-electron chi connectivity index (χ4n) is 3.36. The molecule has 4 aromatic rings. The summed E-state index contributed by atoms with van der Waals surface area (Å²) in [7, 11) is 0. The summed E-state index contributed by atoms with van der Waals surface area (Å²) in [6.45, 7) is 5.42. The molecule has 3 heterocycles. The standard InChI is InChI=1S/C26H26N6O3S/c1-16-10-21(29-15-28-16)19-8-5-9-20(30-19)22-13-36-25(31-22)32-23(34)12-27-24(35)17-6-4-7-18(11-17)26(2,3)14-33/h4-11,13,15,33H,12,14H2,1-3H3,(H,27,35)(H,31,32,34). The van der Waals surface area contributed by atoms with Crippen molar-refractivity contribution < 1.29 is 14.7 Å². The lowest BCUT2D eigenvalue weighted by Gasteiger charge is -2.22. The molecule has 0 radical (unpaired) electrons. The maximum Gasteiger partial charge on any atom is 0.251 e. The Labute approximate surface area is 212 Å². The van der Waals surface area contributed by atoms with Gasteiger partial charge in [-0.25, -0.2) is 19.9 Å². The first kappa shape index (κ1) is 25.1. The van der Waals surface area contributed by atoms with Crippen LogP contribution in [0.2, 0.25) is 0 Å². The second kappa shape index (κ2) is 10.7. The number of amides is 2. The molecule has 36 heavy (non-hydrogen) atoms. The van der Waals surface area contributed by atoms with Crippen LogP contribution in [0.5, 0.6) is 0 Å². The number of hydrogen-bond donors (Lipinski definition) is 3. The van der Waals surface area contributed by atoms with Crippen LogP contribution in [0.1, 0.15) is 35.5 Å². The van der Waals surface area contributed by atoms with Crippen molar-refractivity contribution in [2.45, 2.75) is 26.2 Å². The van der Waals surface area contributed by atoms with Crippen LogP contribution in [0, 0.1) is 6.92 Å². The number of aliphatic hydroxyl groups excluding tert-OH is 1. The molecule has 2 amide bonds. The lowest BCUT2D eigenvalue weighted by atomic mass is 9.85. The van der Waals surface area contributed by atoms with Crippen molar-refractivity contribution in [1.82, 2.24) is 25.3 Å². The topological polar surface area (TPSA) is 130 Å². The average Bonchev–Trinajstić information content (AvgIpc) is 3.36. The fourth-order valence-corrected chi connectivity index (χ4v) is 4.08. The van der Waals surface area contributed by atoms with Gasteiger partial charge in [-0.3, -0.25) is 9.59 Å². The summed E-state index contributed by atoms with van der Waals surface area (Å²) in [4.78, 5) is 42.4. The lowest BCUT2D eigenvalue weighted by Crippen LogP contribution is -2.33. The van der Waals surface area contributed by atoms with Crippen LogP contribution >= 0.6 is 11.3 Å². The molecule has 0 bridgehead atoms. The van der Waals surface area contributed by atoms with Crippen LogP contribution in [0.25, 0.3) is 22.8 Å². The van der Waals surface area contributed by atoms with Crippen molar-refractivity contribution in [3.05, 3.63) is 77.1 Å². The van der Waals surface area contributed by atoms with E-state index in [0.717, 1.165) is 11.3 Å². The Hall–Kier alpha value is -4.02. The minimum atomic E-state index is -0.474. The van der Waals surface area contributed by atoms with Gasteiger partial charge in [0.25, 0.3) is 5.91 Å². The number of nitrogens with zero attached hydrogens (tertiary/aromatic N) is 4. The van der Waals surface area contributed by atoms with Gasteiger partial charge >= 0.3 is 0 Å². The van der Waals surface area contributed by atoms with E-state index >= 15 is 0 Å². The molecule has 184 valence electrons. The molecule has 1 aromatic carbocycles. The summed E-state index contributed by atoms with van der Waals surface area (Å²) in [6.07, 6.45) is 1.50. The number of hydrogen-bond acceptors (Lipinski definition) is 8. The number of aryl methyl sites for hydroxylation is 1. The predicted molar refractivity (Wildman–Crippen MR) is 139 cm³/mol. The Morgan fingerprint density at radius 1 is 0.972 bits per heavy atom. The van der Waals surface area contributed by atoms with Crippen LogP contribution in [-0.4, -0.2) is 50.0 Å². The number of pyridine rings is 1. The summed E-state index contributed by atoms with van der Waals surface area (Å²) in [5.41, 5.74) is 4.32. The van der Waals surface area contributed by atoms with E-state index in [-0.39, 0.29) is 19.1 Å². The number of anilines is 1. The molecule has 0 atom stereocenters. The SMILES string of the molecule is Cc1cc(-c2cccc(-c3csc(NC(=O)CNC(=O)c4cccc(C(C)(C)CO)c4)n3)n2)ncn1. The van der Waals surface area contributed by atoms with Crippen molar-refractivity contribution in [3.63, 3.8) is 0 Å². The molecule has 0 fully saturated rings. The van der Waals surface area contributed by atoms with E-state index in [9.17, 15) is 14.7 Å². The number of aliphatic hydroxyl groups is 1. The largest absolute Gasteiger partial charge is 0.395 e. The van der Waals surface area contributed by atoms with E-state index in [1.807, 2.05) is 51.1 Å². The lowest BCUT2D eigenvalue weighted by molar-refractivity contribution is -0.115. The first-order valence-electron chi connectivity index (χ1n) is 11.3. The van der Waals surface area contributed by atoms with Gasteiger partial charge in [0.15, 0.2) is 5.13 Å². The first-order chi connectivity index (χ1) is 17.2. The zero-order chi connectivity index (χ0) is 25.7. The quantitative estimate of drug-likeness (QED) is 0.336. The van der Waals surface area contributed by atoms with Crippen molar-refractivity contribution >= 4 is 28.3 Å². The summed E-state index contributed by atoms with van der Waals surface area (Å²) in [6, 6.07) is 14.4. The zero-order valence-corrected chi connectivity index (χ0v) is 21.0. The van der Waals surface area contributed by atoms with Gasteiger partial charge in [-0.1, -0.05) is 32.0 Å². The number of benzene rings is 1. The Morgan fingerprint density at radius 3 is 2.47 bits per heavy atom. The minimum absolute atomic E-state index is 0.0452. The Kier molecular flexibility index (Phi) is 7.47. The van der Waals surface area contributed by atoms with E-state index in [2.05, 4.69) is 30.6 Å². The summed E-state index contributed by atoms with van der Waals surface area (Å²) < 4.78 is 0. The first-order valence-corrected chi connectivity index (χ1v) is 12.1.